The number of fused-ring (bicyclic) bond motifs is 1. The highest BCUT2D eigenvalue weighted by Crippen LogP contribution is 2.31. The molecule has 0 saturated carbocycles. The molecule has 1 aromatic carbocycles. The molecule has 140 valence electrons. The van der Waals surface area contributed by atoms with Gasteiger partial charge in [0, 0.05) is 18.7 Å². The Bertz CT molecular complexity index is 829. The molecule has 1 saturated heterocycles. The highest BCUT2D eigenvalue weighted by Gasteiger charge is 2.32. The van der Waals surface area contributed by atoms with Gasteiger partial charge < -0.3 is 14.4 Å². The number of carbonyl (C=O) groups excluding carboxylic acids is 1. The molecule has 9 heteroatoms. The summed E-state index contributed by atoms with van der Waals surface area (Å²) in [6.07, 6.45) is 1.41. The zero-order chi connectivity index (χ0) is 18.9. The lowest BCUT2D eigenvalue weighted by Gasteiger charge is -2.28. The van der Waals surface area contributed by atoms with E-state index in [2.05, 4.69) is 4.98 Å². The average Bonchev–Trinajstić information content (AvgIpc) is 3.16. The van der Waals surface area contributed by atoms with Gasteiger partial charge in [0.15, 0.2) is 0 Å². The number of hydrogen-bond donors (Lipinski definition) is 0. The number of nitro groups is 1. The van der Waals surface area contributed by atoms with Crippen molar-refractivity contribution in [2.75, 3.05) is 13.2 Å². The average molecular weight is 379 g/mol. The molecule has 0 spiro atoms. The van der Waals surface area contributed by atoms with E-state index in [4.69, 9.17) is 9.47 Å². The summed E-state index contributed by atoms with van der Waals surface area (Å²) in [5.74, 6) is 0. The van der Waals surface area contributed by atoms with Gasteiger partial charge >= 0.3 is 6.09 Å². The summed E-state index contributed by atoms with van der Waals surface area (Å²) in [6, 6.07) is 4.49. The summed E-state index contributed by atoms with van der Waals surface area (Å²) in [7, 11) is 0. The standard InChI is InChI=1S/C17H21N3O5S/c1-17(2,3)25-16(21)19-8-4-5-12(19)10-24-15-18-13-9-11(20(22)23)6-7-14(13)26-15/h6-7,9,12H,4-5,8,10H2,1-3H3. The largest absolute Gasteiger partial charge is 0.468 e. The molecular weight excluding hydrogens is 358 g/mol. The van der Waals surface area contributed by atoms with Crippen molar-refractivity contribution < 1.29 is 19.2 Å². The summed E-state index contributed by atoms with van der Waals surface area (Å²) < 4.78 is 12.0. The fourth-order valence-corrected chi connectivity index (χ4v) is 3.61. The second-order valence-electron chi connectivity index (χ2n) is 7.17. The molecule has 1 unspecified atom stereocenters. The van der Waals surface area contributed by atoms with E-state index in [1.807, 2.05) is 20.8 Å². The Balaban J connectivity index is 1.65. The van der Waals surface area contributed by atoms with Gasteiger partial charge in [-0.15, -0.1) is 0 Å². The molecule has 1 aliphatic rings. The lowest BCUT2D eigenvalue weighted by molar-refractivity contribution is -0.384. The van der Waals surface area contributed by atoms with Crippen molar-refractivity contribution in [3.8, 4) is 5.19 Å². The second-order valence-corrected chi connectivity index (χ2v) is 8.16. The van der Waals surface area contributed by atoms with Crippen molar-refractivity contribution >= 4 is 33.3 Å². The smallest absolute Gasteiger partial charge is 0.410 e. The normalized spacial score (nSPS) is 17.5. The van der Waals surface area contributed by atoms with E-state index in [0.717, 1.165) is 17.5 Å². The van der Waals surface area contributed by atoms with Crippen LogP contribution in [0.5, 0.6) is 5.19 Å². The van der Waals surface area contributed by atoms with Crippen molar-refractivity contribution in [2.45, 2.75) is 45.3 Å². The van der Waals surface area contributed by atoms with Gasteiger partial charge in [-0.3, -0.25) is 10.1 Å². The molecule has 1 aliphatic heterocycles. The van der Waals surface area contributed by atoms with Gasteiger partial charge in [-0.1, -0.05) is 11.3 Å². The molecule has 0 radical (unpaired) electrons. The second kappa shape index (κ2) is 7.06. The number of non-ortho nitro benzene ring substituents is 1. The zero-order valence-electron chi connectivity index (χ0n) is 14.9. The number of amides is 1. The third-order valence-corrected chi connectivity index (χ3v) is 4.92. The maximum atomic E-state index is 12.3. The van der Waals surface area contributed by atoms with E-state index in [0.29, 0.717) is 23.9 Å². The lowest BCUT2D eigenvalue weighted by Crippen LogP contribution is -2.42. The first-order valence-electron chi connectivity index (χ1n) is 8.40. The fraction of sp³-hybridized carbons (Fsp3) is 0.529. The summed E-state index contributed by atoms with van der Waals surface area (Å²) in [5, 5.41) is 11.3. The molecule has 1 fully saturated rings. The van der Waals surface area contributed by atoms with E-state index >= 15 is 0 Å². The number of aromatic nitrogens is 1. The number of rotatable bonds is 4. The SMILES string of the molecule is CC(C)(C)OC(=O)N1CCCC1COc1nc2cc([N+](=O)[O-])ccc2s1. The molecule has 1 aromatic heterocycles. The zero-order valence-corrected chi connectivity index (χ0v) is 15.7. The molecule has 1 amide bonds. The van der Waals surface area contributed by atoms with E-state index in [-0.39, 0.29) is 17.8 Å². The molecule has 2 heterocycles. The molecule has 2 aromatic rings. The molecular formula is C17H21N3O5S. The van der Waals surface area contributed by atoms with Gasteiger partial charge in [-0.25, -0.2) is 9.78 Å². The minimum absolute atomic E-state index is 0.00115. The van der Waals surface area contributed by atoms with Gasteiger partial charge in [-0.2, -0.15) is 0 Å². The minimum atomic E-state index is -0.535. The fourth-order valence-electron chi connectivity index (χ4n) is 2.81. The maximum absolute atomic E-state index is 12.3. The van der Waals surface area contributed by atoms with Crippen LogP contribution in [0.2, 0.25) is 0 Å². The Hall–Kier alpha value is -2.42. The van der Waals surface area contributed by atoms with E-state index in [1.54, 1.807) is 11.0 Å². The van der Waals surface area contributed by atoms with Gasteiger partial charge in [0.2, 0.25) is 0 Å². The predicted molar refractivity (Wildman–Crippen MR) is 97.7 cm³/mol. The molecule has 0 N–H and O–H groups in total. The summed E-state index contributed by atoms with van der Waals surface area (Å²) in [6.45, 7) is 6.49. The highest BCUT2D eigenvalue weighted by atomic mass is 32.1. The first kappa shape index (κ1) is 18.4. The first-order valence-corrected chi connectivity index (χ1v) is 9.22. The van der Waals surface area contributed by atoms with Crippen LogP contribution in [-0.2, 0) is 4.74 Å². The van der Waals surface area contributed by atoms with Crippen LogP contribution in [0.3, 0.4) is 0 Å². The number of ether oxygens (including phenoxy) is 2. The van der Waals surface area contributed by atoms with Crippen molar-refractivity contribution in [1.82, 2.24) is 9.88 Å². The summed E-state index contributed by atoms with van der Waals surface area (Å²) >= 11 is 1.33. The number of hydrogen-bond acceptors (Lipinski definition) is 7. The summed E-state index contributed by atoms with van der Waals surface area (Å²) in [4.78, 5) is 28.7. The van der Waals surface area contributed by atoms with Crippen LogP contribution in [0.1, 0.15) is 33.6 Å². The van der Waals surface area contributed by atoms with Crippen LogP contribution >= 0.6 is 11.3 Å². The Labute approximate surface area is 154 Å². The van der Waals surface area contributed by atoms with Gasteiger partial charge in [0.25, 0.3) is 10.9 Å². The number of benzene rings is 1. The van der Waals surface area contributed by atoms with Crippen molar-refractivity contribution in [2.24, 2.45) is 0 Å². The van der Waals surface area contributed by atoms with Gasteiger partial charge in [-0.05, 0) is 39.7 Å². The Morgan fingerprint density at radius 1 is 1.46 bits per heavy atom. The van der Waals surface area contributed by atoms with E-state index < -0.39 is 10.5 Å². The van der Waals surface area contributed by atoms with Crippen molar-refractivity contribution in [3.63, 3.8) is 0 Å². The number of likely N-dealkylation sites (tertiary alicyclic amines) is 1. The molecule has 8 nitrogen and oxygen atoms in total. The van der Waals surface area contributed by atoms with Crippen LogP contribution in [0.15, 0.2) is 18.2 Å². The molecule has 3 rings (SSSR count). The maximum Gasteiger partial charge on any atom is 0.410 e. The highest BCUT2D eigenvalue weighted by molar-refractivity contribution is 7.20. The monoisotopic (exact) mass is 379 g/mol. The number of thiazole rings is 1. The Morgan fingerprint density at radius 3 is 2.92 bits per heavy atom. The van der Waals surface area contributed by atoms with E-state index in [9.17, 15) is 14.9 Å². The van der Waals surface area contributed by atoms with Crippen LogP contribution in [0.4, 0.5) is 10.5 Å². The van der Waals surface area contributed by atoms with Crippen LogP contribution in [-0.4, -0.2) is 45.7 Å². The topological polar surface area (TPSA) is 94.8 Å². The van der Waals surface area contributed by atoms with Crippen LogP contribution < -0.4 is 4.74 Å². The van der Waals surface area contributed by atoms with Crippen molar-refractivity contribution in [1.29, 1.82) is 0 Å². The van der Waals surface area contributed by atoms with Crippen LogP contribution in [0.25, 0.3) is 10.2 Å². The quantitative estimate of drug-likeness (QED) is 0.589. The van der Waals surface area contributed by atoms with Crippen LogP contribution in [0, 0.1) is 10.1 Å². The number of nitro benzene ring substituents is 1. The van der Waals surface area contributed by atoms with Crippen molar-refractivity contribution in [3.05, 3.63) is 28.3 Å². The van der Waals surface area contributed by atoms with Gasteiger partial charge in [0.1, 0.15) is 12.2 Å². The Kier molecular flexibility index (Phi) is 4.99. The first-order chi connectivity index (χ1) is 12.2. The number of nitrogens with zero attached hydrogens (tertiary/aromatic N) is 3. The predicted octanol–water partition coefficient (Wildman–Crippen LogP) is 3.98. The minimum Gasteiger partial charge on any atom is -0.468 e. The van der Waals surface area contributed by atoms with E-state index in [1.165, 1.54) is 23.5 Å². The molecule has 0 bridgehead atoms. The lowest BCUT2D eigenvalue weighted by atomic mass is 10.2. The molecule has 0 aliphatic carbocycles. The Morgan fingerprint density at radius 2 is 2.23 bits per heavy atom. The molecule has 1 atom stereocenters. The summed E-state index contributed by atoms with van der Waals surface area (Å²) in [5.41, 5.74) is 0.00295. The number of carbonyl (C=O) groups is 1. The third-order valence-electron chi connectivity index (χ3n) is 3.97. The third kappa shape index (κ3) is 4.21. The molecule has 26 heavy (non-hydrogen) atoms. The van der Waals surface area contributed by atoms with Gasteiger partial charge in [0.05, 0.1) is 21.2 Å².